The molecule has 3 nitrogen and oxygen atoms in total. The van der Waals surface area contributed by atoms with Crippen molar-refractivity contribution < 1.29 is 4.74 Å². The molecular weight excluding hydrogens is 236 g/mol. The minimum atomic E-state index is 0.710. The second-order valence-electron chi connectivity index (χ2n) is 4.37. The fourth-order valence-corrected chi connectivity index (χ4v) is 2.06. The minimum Gasteiger partial charge on any atom is -0.497 e. The van der Waals surface area contributed by atoms with Crippen molar-refractivity contribution in [1.82, 2.24) is 9.97 Å². The Kier molecular flexibility index (Phi) is 3.11. The van der Waals surface area contributed by atoms with Crippen LogP contribution in [0, 0.1) is 0 Å². The van der Waals surface area contributed by atoms with Gasteiger partial charge >= 0.3 is 0 Å². The number of fused-ring (bicyclic) bond motifs is 1. The molecule has 0 aliphatic carbocycles. The van der Waals surface area contributed by atoms with Gasteiger partial charge in [-0.05, 0) is 23.8 Å². The van der Waals surface area contributed by atoms with Crippen LogP contribution in [0.15, 0.2) is 54.7 Å². The maximum absolute atomic E-state index is 5.22. The minimum absolute atomic E-state index is 0.710. The van der Waals surface area contributed by atoms with Crippen molar-refractivity contribution >= 4 is 10.9 Å². The van der Waals surface area contributed by atoms with E-state index in [1.165, 1.54) is 0 Å². The van der Waals surface area contributed by atoms with Gasteiger partial charge in [0.15, 0.2) is 0 Å². The monoisotopic (exact) mass is 250 g/mol. The summed E-state index contributed by atoms with van der Waals surface area (Å²) in [6, 6.07) is 16.0. The first-order valence-electron chi connectivity index (χ1n) is 6.19. The third kappa shape index (κ3) is 2.55. The number of methoxy groups -OCH3 is 1. The van der Waals surface area contributed by atoms with Crippen molar-refractivity contribution in [1.29, 1.82) is 0 Å². The first kappa shape index (κ1) is 11.7. The number of para-hydroxylation sites is 1. The second kappa shape index (κ2) is 5.06. The molecule has 0 saturated carbocycles. The predicted octanol–water partition coefficient (Wildman–Crippen LogP) is 3.23. The van der Waals surface area contributed by atoms with E-state index >= 15 is 0 Å². The van der Waals surface area contributed by atoms with Crippen LogP contribution in [0.25, 0.3) is 10.9 Å². The van der Waals surface area contributed by atoms with Gasteiger partial charge in [-0.2, -0.15) is 0 Å². The third-order valence-electron chi connectivity index (χ3n) is 3.04. The van der Waals surface area contributed by atoms with Gasteiger partial charge in [-0.15, -0.1) is 0 Å². The molecule has 0 spiro atoms. The smallest absolute Gasteiger partial charge is 0.133 e. The lowest BCUT2D eigenvalue weighted by Gasteiger charge is -2.04. The largest absolute Gasteiger partial charge is 0.497 e. The molecule has 0 bridgehead atoms. The van der Waals surface area contributed by atoms with Crippen molar-refractivity contribution in [3.63, 3.8) is 0 Å². The standard InChI is InChI=1S/C16H14N2O/c1-19-14-7-4-5-12(9-14)10-16-17-11-13-6-2-3-8-15(13)18-16/h2-9,11H,10H2,1H3. The summed E-state index contributed by atoms with van der Waals surface area (Å²) in [5.74, 6) is 1.69. The van der Waals surface area contributed by atoms with Gasteiger partial charge in [0.05, 0.1) is 12.6 Å². The van der Waals surface area contributed by atoms with E-state index in [9.17, 15) is 0 Å². The molecule has 0 saturated heterocycles. The summed E-state index contributed by atoms with van der Waals surface area (Å²) in [7, 11) is 1.67. The number of hydrogen-bond donors (Lipinski definition) is 0. The molecule has 0 unspecified atom stereocenters. The van der Waals surface area contributed by atoms with Crippen LogP contribution in [-0.4, -0.2) is 17.1 Å². The number of hydrogen-bond acceptors (Lipinski definition) is 3. The SMILES string of the molecule is COc1cccc(Cc2ncc3ccccc3n2)c1. The van der Waals surface area contributed by atoms with Gasteiger partial charge in [0, 0.05) is 18.0 Å². The molecule has 19 heavy (non-hydrogen) atoms. The third-order valence-corrected chi connectivity index (χ3v) is 3.04. The maximum Gasteiger partial charge on any atom is 0.133 e. The predicted molar refractivity (Wildman–Crippen MR) is 75.3 cm³/mol. The molecule has 3 aromatic rings. The van der Waals surface area contributed by atoms with Gasteiger partial charge < -0.3 is 4.74 Å². The number of nitrogens with zero attached hydrogens (tertiary/aromatic N) is 2. The van der Waals surface area contributed by atoms with E-state index < -0.39 is 0 Å². The molecule has 0 amide bonds. The van der Waals surface area contributed by atoms with Gasteiger partial charge in [-0.25, -0.2) is 9.97 Å². The highest BCUT2D eigenvalue weighted by Crippen LogP contribution is 2.16. The number of rotatable bonds is 3. The summed E-state index contributed by atoms with van der Waals surface area (Å²) in [6.45, 7) is 0. The van der Waals surface area contributed by atoms with Crippen LogP contribution in [0.3, 0.4) is 0 Å². The molecule has 0 aliphatic rings. The Morgan fingerprint density at radius 3 is 2.84 bits per heavy atom. The Labute approximate surface area is 111 Å². The van der Waals surface area contributed by atoms with E-state index in [0.29, 0.717) is 6.42 Å². The fourth-order valence-electron chi connectivity index (χ4n) is 2.06. The highest BCUT2D eigenvalue weighted by atomic mass is 16.5. The lowest BCUT2D eigenvalue weighted by Crippen LogP contribution is -1.97. The average Bonchev–Trinajstić information content (AvgIpc) is 2.47. The van der Waals surface area contributed by atoms with Gasteiger partial charge in [-0.3, -0.25) is 0 Å². The Morgan fingerprint density at radius 1 is 1.05 bits per heavy atom. The summed E-state index contributed by atoms with van der Waals surface area (Å²) in [6.07, 6.45) is 2.58. The van der Waals surface area contributed by atoms with E-state index in [1.54, 1.807) is 7.11 Å². The zero-order valence-electron chi connectivity index (χ0n) is 10.7. The summed E-state index contributed by atoms with van der Waals surface area (Å²) >= 11 is 0. The first-order chi connectivity index (χ1) is 9.35. The summed E-state index contributed by atoms with van der Waals surface area (Å²) in [4.78, 5) is 8.98. The molecule has 1 aromatic heterocycles. The quantitative estimate of drug-likeness (QED) is 0.715. The van der Waals surface area contributed by atoms with Crippen LogP contribution < -0.4 is 4.74 Å². The van der Waals surface area contributed by atoms with Crippen LogP contribution >= 0.6 is 0 Å². The Balaban J connectivity index is 1.92. The van der Waals surface area contributed by atoms with Gasteiger partial charge in [0.1, 0.15) is 11.6 Å². The van der Waals surface area contributed by atoms with Crippen molar-refractivity contribution in [2.24, 2.45) is 0 Å². The molecule has 1 heterocycles. The van der Waals surface area contributed by atoms with Crippen molar-refractivity contribution in [3.8, 4) is 5.75 Å². The lowest BCUT2D eigenvalue weighted by atomic mass is 10.1. The molecule has 0 aliphatic heterocycles. The second-order valence-corrected chi connectivity index (χ2v) is 4.37. The van der Waals surface area contributed by atoms with E-state index in [4.69, 9.17) is 4.74 Å². The van der Waals surface area contributed by atoms with Crippen molar-refractivity contribution in [2.75, 3.05) is 7.11 Å². The fraction of sp³-hybridized carbons (Fsp3) is 0.125. The topological polar surface area (TPSA) is 35.0 Å². The number of benzene rings is 2. The summed E-state index contributed by atoms with van der Waals surface area (Å²) < 4.78 is 5.22. The van der Waals surface area contributed by atoms with Gasteiger partial charge in [0.2, 0.25) is 0 Å². The molecule has 94 valence electrons. The molecular formula is C16H14N2O. The zero-order chi connectivity index (χ0) is 13.1. The average molecular weight is 250 g/mol. The maximum atomic E-state index is 5.22. The Hall–Kier alpha value is -2.42. The zero-order valence-corrected chi connectivity index (χ0v) is 10.7. The molecule has 0 N–H and O–H groups in total. The normalized spacial score (nSPS) is 10.6. The molecule has 2 aromatic carbocycles. The van der Waals surface area contributed by atoms with Crippen LogP contribution in [0.5, 0.6) is 5.75 Å². The molecule has 0 fully saturated rings. The van der Waals surface area contributed by atoms with Crippen LogP contribution in [-0.2, 0) is 6.42 Å². The number of aromatic nitrogens is 2. The van der Waals surface area contributed by atoms with E-state index in [1.807, 2.05) is 48.7 Å². The summed E-state index contributed by atoms with van der Waals surface area (Å²) in [5.41, 5.74) is 2.13. The molecule has 3 rings (SSSR count). The van der Waals surface area contributed by atoms with E-state index in [0.717, 1.165) is 28.0 Å². The Morgan fingerprint density at radius 2 is 1.95 bits per heavy atom. The highest BCUT2D eigenvalue weighted by Gasteiger charge is 2.02. The van der Waals surface area contributed by atoms with E-state index in [-0.39, 0.29) is 0 Å². The molecule has 0 atom stereocenters. The van der Waals surface area contributed by atoms with Crippen LogP contribution in [0.2, 0.25) is 0 Å². The Bertz CT molecular complexity index is 710. The van der Waals surface area contributed by atoms with Crippen molar-refractivity contribution in [3.05, 3.63) is 66.1 Å². The lowest BCUT2D eigenvalue weighted by molar-refractivity contribution is 0.414. The van der Waals surface area contributed by atoms with E-state index in [2.05, 4.69) is 16.0 Å². The van der Waals surface area contributed by atoms with Crippen LogP contribution in [0.1, 0.15) is 11.4 Å². The highest BCUT2D eigenvalue weighted by molar-refractivity contribution is 5.77. The first-order valence-corrected chi connectivity index (χ1v) is 6.19. The number of ether oxygens (including phenoxy) is 1. The van der Waals surface area contributed by atoms with Gasteiger partial charge in [0.25, 0.3) is 0 Å². The molecule has 3 heteroatoms. The van der Waals surface area contributed by atoms with Crippen LogP contribution in [0.4, 0.5) is 0 Å². The molecule has 0 radical (unpaired) electrons. The summed E-state index contributed by atoms with van der Waals surface area (Å²) in [5, 5.41) is 1.07. The van der Waals surface area contributed by atoms with Gasteiger partial charge in [-0.1, -0.05) is 30.3 Å². The van der Waals surface area contributed by atoms with Crippen molar-refractivity contribution in [2.45, 2.75) is 6.42 Å².